The Morgan fingerprint density at radius 2 is 1.88 bits per heavy atom. The van der Waals surface area contributed by atoms with Crippen LogP contribution < -0.4 is 5.56 Å². The molecule has 1 aromatic heterocycles. The molecule has 0 aliphatic carbocycles. The topological polar surface area (TPSA) is 58.7 Å². The zero-order valence-electron chi connectivity index (χ0n) is 8.39. The molecule has 0 unspecified atom stereocenters. The summed E-state index contributed by atoms with van der Waals surface area (Å²) in [7, 11) is 0. The number of halogens is 2. The highest BCUT2D eigenvalue weighted by Crippen LogP contribution is 2.17. The van der Waals surface area contributed by atoms with E-state index in [0.717, 1.165) is 0 Å². The predicted octanol–water partition coefficient (Wildman–Crippen LogP) is 2.63. The van der Waals surface area contributed by atoms with Gasteiger partial charge in [0.1, 0.15) is 4.47 Å². The molecule has 0 saturated carbocycles. The zero-order valence-corrected chi connectivity index (χ0v) is 11.6. The largest absolute Gasteiger partial charge is 0.286 e. The fourth-order valence-corrected chi connectivity index (χ4v) is 1.81. The van der Waals surface area contributed by atoms with Crippen molar-refractivity contribution in [2.24, 2.45) is 0 Å². The molecule has 84 valence electrons. The van der Waals surface area contributed by atoms with Crippen LogP contribution >= 0.6 is 31.9 Å². The van der Waals surface area contributed by atoms with Gasteiger partial charge in [0.15, 0.2) is 0 Å². The molecule has 1 aromatic carbocycles. The first kappa shape index (κ1) is 12.0. The lowest BCUT2D eigenvalue weighted by Gasteiger charge is -2.05. The maximum atomic E-state index is 11.9. The van der Waals surface area contributed by atoms with Crippen LogP contribution in [0.25, 0.3) is 5.69 Å². The van der Waals surface area contributed by atoms with Crippen LogP contribution in [-0.4, -0.2) is 9.78 Å². The van der Waals surface area contributed by atoms with Gasteiger partial charge in [0.25, 0.3) is 5.56 Å². The van der Waals surface area contributed by atoms with Gasteiger partial charge >= 0.3 is 0 Å². The summed E-state index contributed by atoms with van der Waals surface area (Å²) in [5, 5.41) is 12.7. The number of rotatable bonds is 1. The lowest BCUT2D eigenvalue weighted by Crippen LogP contribution is -2.21. The number of aromatic nitrogens is 2. The van der Waals surface area contributed by atoms with Gasteiger partial charge in [0.05, 0.1) is 28.0 Å². The van der Waals surface area contributed by atoms with Gasteiger partial charge in [-0.1, -0.05) is 0 Å². The molecule has 0 bridgehead atoms. The first-order valence-electron chi connectivity index (χ1n) is 4.57. The van der Waals surface area contributed by atoms with E-state index in [4.69, 9.17) is 5.26 Å². The predicted molar refractivity (Wildman–Crippen MR) is 69.9 cm³/mol. The van der Waals surface area contributed by atoms with Crippen LogP contribution in [0.3, 0.4) is 0 Å². The molecule has 0 atom stereocenters. The standard InChI is InChI=1S/C11H5Br2N3O/c12-9-6-15-16(11(17)10(9)13)8-3-1-7(5-14)2-4-8/h1-4,6H. The lowest BCUT2D eigenvalue weighted by molar-refractivity contribution is 0.796. The van der Waals surface area contributed by atoms with E-state index in [-0.39, 0.29) is 5.56 Å². The van der Waals surface area contributed by atoms with E-state index >= 15 is 0 Å². The second-order valence-corrected chi connectivity index (χ2v) is 4.83. The van der Waals surface area contributed by atoms with Crippen molar-refractivity contribution in [2.45, 2.75) is 0 Å². The van der Waals surface area contributed by atoms with Crippen molar-refractivity contribution in [2.75, 3.05) is 0 Å². The summed E-state index contributed by atoms with van der Waals surface area (Å²) in [6.07, 6.45) is 1.53. The van der Waals surface area contributed by atoms with Gasteiger partial charge in [-0.3, -0.25) is 4.79 Å². The summed E-state index contributed by atoms with van der Waals surface area (Å²) in [5.74, 6) is 0. The van der Waals surface area contributed by atoms with Crippen LogP contribution in [0.4, 0.5) is 0 Å². The van der Waals surface area contributed by atoms with Gasteiger partial charge in [-0.15, -0.1) is 0 Å². The molecular weight excluding hydrogens is 350 g/mol. The molecule has 0 radical (unpaired) electrons. The highest BCUT2D eigenvalue weighted by Gasteiger charge is 2.07. The van der Waals surface area contributed by atoms with Crippen molar-refractivity contribution in [1.82, 2.24) is 9.78 Å². The Labute approximate surface area is 114 Å². The third-order valence-corrected chi connectivity index (χ3v) is 4.02. The number of hydrogen-bond donors (Lipinski definition) is 0. The molecule has 0 aliphatic heterocycles. The molecule has 6 heteroatoms. The first-order chi connectivity index (χ1) is 8.13. The Kier molecular flexibility index (Phi) is 3.41. The molecule has 2 aromatic rings. The zero-order chi connectivity index (χ0) is 12.4. The van der Waals surface area contributed by atoms with Crippen molar-refractivity contribution in [1.29, 1.82) is 5.26 Å². The minimum atomic E-state index is -0.260. The molecule has 17 heavy (non-hydrogen) atoms. The minimum absolute atomic E-state index is 0.260. The summed E-state index contributed by atoms with van der Waals surface area (Å²) >= 11 is 6.39. The van der Waals surface area contributed by atoms with Gasteiger partial charge in [0.2, 0.25) is 0 Å². The van der Waals surface area contributed by atoms with Crippen LogP contribution in [0.15, 0.2) is 44.2 Å². The van der Waals surface area contributed by atoms with E-state index in [9.17, 15) is 4.79 Å². The lowest BCUT2D eigenvalue weighted by atomic mass is 10.2. The van der Waals surface area contributed by atoms with Gasteiger partial charge in [-0.2, -0.15) is 15.0 Å². The third kappa shape index (κ3) is 2.30. The van der Waals surface area contributed by atoms with Gasteiger partial charge in [0, 0.05) is 0 Å². The van der Waals surface area contributed by atoms with Crippen molar-refractivity contribution in [3.63, 3.8) is 0 Å². The van der Waals surface area contributed by atoms with Crippen LogP contribution in [0, 0.1) is 11.3 Å². The number of nitriles is 1. The summed E-state index contributed by atoms with van der Waals surface area (Å²) < 4.78 is 2.28. The molecular formula is C11H5Br2N3O. The molecule has 0 N–H and O–H groups in total. The summed E-state index contributed by atoms with van der Waals surface area (Å²) in [5.41, 5.74) is 0.893. The maximum Gasteiger partial charge on any atom is 0.286 e. The highest BCUT2D eigenvalue weighted by atomic mass is 79.9. The number of nitrogens with zero attached hydrogens (tertiary/aromatic N) is 3. The van der Waals surface area contributed by atoms with Crippen molar-refractivity contribution in [3.8, 4) is 11.8 Å². The Bertz CT molecular complexity index is 656. The van der Waals surface area contributed by atoms with E-state index in [1.807, 2.05) is 6.07 Å². The SMILES string of the molecule is N#Cc1ccc(-n2ncc(Br)c(Br)c2=O)cc1. The Morgan fingerprint density at radius 3 is 2.47 bits per heavy atom. The second kappa shape index (κ2) is 4.82. The Hall–Kier alpha value is -1.45. The van der Waals surface area contributed by atoms with Crippen LogP contribution in [0.5, 0.6) is 0 Å². The molecule has 4 nitrogen and oxygen atoms in total. The number of benzene rings is 1. The average Bonchev–Trinajstić information content (AvgIpc) is 2.36. The highest BCUT2D eigenvalue weighted by molar-refractivity contribution is 9.13. The van der Waals surface area contributed by atoms with E-state index in [2.05, 4.69) is 37.0 Å². The van der Waals surface area contributed by atoms with Gasteiger partial charge in [-0.25, -0.2) is 0 Å². The van der Waals surface area contributed by atoms with Crippen LogP contribution in [0.1, 0.15) is 5.56 Å². The minimum Gasteiger partial charge on any atom is -0.266 e. The quantitative estimate of drug-likeness (QED) is 0.790. The molecule has 0 saturated heterocycles. The molecule has 0 aliphatic rings. The normalized spacial score (nSPS) is 9.94. The fourth-order valence-electron chi connectivity index (χ4n) is 1.27. The molecule has 0 amide bonds. The summed E-state index contributed by atoms with van der Waals surface area (Å²) in [6.45, 7) is 0. The monoisotopic (exact) mass is 353 g/mol. The van der Waals surface area contributed by atoms with E-state index < -0.39 is 0 Å². The van der Waals surface area contributed by atoms with Gasteiger partial charge < -0.3 is 0 Å². The summed E-state index contributed by atoms with van der Waals surface area (Å²) in [6, 6.07) is 8.64. The molecule has 2 rings (SSSR count). The van der Waals surface area contributed by atoms with Crippen LogP contribution in [0.2, 0.25) is 0 Å². The summed E-state index contributed by atoms with van der Waals surface area (Å²) in [4.78, 5) is 11.9. The van der Waals surface area contributed by atoms with Crippen molar-refractivity contribution >= 4 is 31.9 Å². The van der Waals surface area contributed by atoms with Gasteiger partial charge in [-0.05, 0) is 56.1 Å². The van der Waals surface area contributed by atoms with E-state index in [1.54, 1.807) is 24.3 Å². The van der Waals surface area contributed by atoms with Crippen molar-refractivity contribution < 1.29 is 0 Å². The first-order valence-corrected chi connectivity index (χ1v) is 6.16. The smallest absolute Gasteiger partial charge is 0.266 e. The molecule has 0 fully saturated rings. The number of hydrogen-bond acceptors (Lipinski definition) is 3. The third-order valence-electron chi connectivity index (χ3n) is 2.12. The maximum absolute atomic E-state index is 11.9. The average molecular weight is 355 g/mol. The van der Waals surface area contributed by atoms with E-state index in [0.29, 0.717) is 20.2 Å². The molecule has 1 heterocycles. The second-order valence-electron chi connectivity index (χ2n) is 3.18. The van der Waals surface area contributed by atoms with E-state index in [1.165, 1.54) is 10.9 Å². The van der Waals surface area contributed by atoms with Crippen molar-refractivity contribution in [3.05, 3.63) is 55.3 Å². The Balaban J connectivity index is 2.58. The van der Waals surface area contributed by atoms with Crippen LogP contribution in [-0.2, 0) is 0 Å². The Morgan fingerprint density at radius 1 is 1.24 bits per heavy atom. The fraction of sp³-hybridized carbons (Fsp3) is 0. The molecule has 0 spiro atoms.